The van der Waals surface area contributed by atoms with E-state index in [1.807, 2.05) is 34.9 Å². The molecule has 1 heterocycles. The molecule has 2 rings (SSSR count). The van der Waals surface area contributed by atoms with Gasteiger partial charge < -0.3 is 4.57 Å². The van der Waals surface area contributed by atoms with Crippen molar-refractivity contribution >= 4 is 10.9 Å². The van der Waals surface area contributed by atoms with E-state index in [1.165, 1.54) is 0 Å². The first-order chi connectivity index (χ1) is 7.33. The Morgan fingerprint density at radius 3 is 2.73 bits per heavy atom. The van der Waals surface area contributed by atoms with Crippen LogP contribution in [-0.4, -0.2) is 4.57 Å². The number of rotatable bonds is 3. The van der Waals surface area contributed by atoms with Crippen molar-refractivity contribution in [2.75, 3.05) is 0 Å². The zero-order valence-electron chi connectivity index (χ0n) is 8.94. The molecule has 2 aromatic rings. The van der Waals surface area contributed by atoms with E-state index < -0.39 is 0 Å². The second-order valence-electron chi connectivity index (χ2n) is 3.74. The predicted octanol–water partition coefficient (Wildman–Crippen LogP) is 2.80. The molecule has 0 N–H and O–H groups in total. The topological polar surface area (TPSA) is 22.0 Å². The zero-order valence-corrected chi connectivity index (χ0v) is 8.94. The maximum Gasteiger partial charge on any atom is 0.251 e. The van der Waals surface area contributed by atoms with E-state index in [2.05, 4.69) is 6.92 Å². The Balaban J connectivity index is 2.58. The molecule has 0 unspecified atom stereocenters. The SMILES string of the molecule is CCCCn1c(=O)ccc2ccccc21. The molecule has 0 aliphatic carbocycles. The summed E-state index contributed by atoms with van der Waals surface area (Å²) < 4.78 is 1.86. The molecule has 2 heteroatoms. The van der Waals surface area contributed by atoms with Gasteiger partial charge in [0.15, 0.2) is 0 Å². The van der Waals surface area contributed by atoms with Crippen LogP contribution in [0.15, 0.2) is 41.2 Å². The second kappa shape index (κ2) is 4.30. The van der Waals surface area contributed by atoms with Gasteiger partial charge in [-0.25, -0.2) is 0 Å². The number of aryl methyl sites for hydroxylation is 1. The number of unbranched alkanes of at least 4 members (excludes halogenated alkanes) is 1. The van der Waals surface area contributed by atoms with Gasteiger partial charge in [-0.05, 0) is 23.9 Å². The summed E-state index contributed by atoms with van der Waals surface area (Å²) in [5, 5.41) is 1.13. The van der Waals surface area contributed by atoms with Gasteiger partial charge in [-0.2, -0.15) is 0 Å². The quantitative estimate of drug-likeness (QED) is 0.748. The van der Waals surface area contributed by atoms with Crippen molar-refractivity contribution in [2.45, 2.75) is 26.3 Å². The van der Waals surface area contributed by atoms with Crippen LogP contribution in [0.5, 0.6) is 0 Å². The average molecular weight is 201 g/mol. The number of fused-ring (bicyclic) bond motifs is 1. The van der Waals surface area contributed by atoms with Gasteiger partial charge in [-0.15, -0.1) is 0 Å². The van der Waals surface area contributed by atoms with Crippen molar-refractivity contribution in [2.24, 2.45) is 0 Å². The molecule has 78 valence electrons. The third-order valence-electron chi connectivity index (χ3n) is 2.63. The van der Waals surface area contributed by atoms with Crippen LogP contribution in [0.1, 0.15) is 19.8 Å². The summed E-state index contributed by atoms with van der Waals surface area (Å²) >= 11 is 0. The molecule has 0 fully saturated rings. The highest BCUT2D eigenvalue weighted by atomic mass is 16.1. The van der Waals surface area contributed by atoms with Crippen LogP contribution >= 0.6 is 0 Å². The van der Waals surface area contributed by atoms with Gasteiger partial charge >= 0.3 is 0 Å². The fraction of sp³-hybridized carbons (Fsp3) is 0.308. The van der Waals surface area contributed by atoms with Crippen LogP contribution < -0.4 is 5.56 Å². The Kier molecular flexibility index (Phi) is 2.86. The molecule has 0 amide bonds. The molecular weight excluding hydrogens is 186 g/mol. The van der Waals surface area contributed by atoms with Crippen molar-refractivity contribution in [3.8, 4) is 0 Å². The first-order valence-corrected chi connectivity index (χ1v) is 5.41. The van der Waals surface area contributed by atoms with Crippen molar-refractivity contribution in [3.05, 3.63) is 46.8 Å². The molecule has 0 saturated heterocycles. The van der Waals surface area contributed by atoms with Crippen molar-refractivity contribution in [1.82, 2.24) is 4.57 Å². The van der Waals surface area contributed by atoms with Crippen LogP contribution in [-0.2, 0) is 6.54 Å². The number of benzene rings is 1. The molecule has 0 saturated carbocycles. The molecule has 0 aliphatic heterocycles. The summed E-state index contributed by atoms with van der Waals surface area (Å²) in [6.07, 6.45) is 2.16. The lowest BCUT2D eigenvalue weighted by Gasteiger charge is -2.08. The van der Waals surface area contributed by atoms with E-state index in [1.54, 1.807) is 6.07 Å². The minimum absolute atomic E-state index is 0.0992. The fourth-order valence-corrected chi connectivity index (χ4v) is 1.79. The van der Waals surface area contributed by atoms with Gasteiger partial charge in [0.1, 0.15) is 0 Å². The van der Waals surface area contributed by atoms with Gasteiger partial charge in [-0.1, -0.05) is 31.5 Å². The van der Waals surface area contributed by atoms with Crippen molar-refractivity contribution < 1.29 is 0 Å². The van der Waals surface area contributed by atoms with Gasteiger partial charge in [0.25, 0.3) is 5.56 Å². The molecule has 0 aliphatic rings. The van der Waals surface area contributed by atoms with Crippen molar-refractivity contribution in [3.63, 3.8) is 0 Å². The first-order valence-electron chi connectivity index (χ1n) is 5.41. The van der Waals surface area contributed by atoms with E-state index in [-0.39, 0.29) is 5.56 Å². The Bertz CT molecular complexity index is 513. The largest absolute Gasteiger partial charge is 0.308 e. The molecule has 2 nitrogen and oxygen atoms in total. The van der Waals surface area contributed by atoms with Crippen LogP contribution in [0.4, 0.5) is 0 Å². The number of para-hydroxylation sites is 1. The molecule has 15 heavy (non-hydrogen) atoms. The normalized spacial score (nSPS) is 10.7. The average Bonchev–Trinajstić information content (AvgIpc) is 2.28. The van der Waals surface area contributed by atoms with Gasteiger partial charge in [0, 0.05) is 12.6 Å². The Morgan fingerprint density at radius 1 is 1.13 bits per heavy atom. The summed E-state index contributed by atoms with van der Waals surface area (Å²) in [5.41, 5.74) is 1.14. The standard InChI is InChI=1S/C13H15NO/c1-2-3-10-14-12-7-5-4-6-11(12)8-9-13(14)15/h4-9H,2-3,10H2,1H3. The van der Waals surface area contributed by atoms with E-state index in [4.69, 9.17) is 0 Å². The third kappa shape index (κ3) is 1.94. The maximum atomic E-state index is 11.7. The minimum Gasteiger partial charge on any atom is -0.308 e. The summed E-state index contributed by atoms with van der Waals surface area (Å²) in [5.74, 6) is 0. The molecule has 1 aromatic heterocycles. The minimum atomic E-state index is 0.0992. The van der Waals surface area contributed by atoms with E-state index >= 15 is 0 Å². The van der Waals surface area contributed by atoms with Crippen LogP contribution in [0.2, 0.25) is 0 Å². The Hall–Kier alpha value is -1.57. The molecule has 0 bridgehead atoms. The Labute approximate surface area is 89.2 Å². The molecule has 0 atom stereocenters. The van der Waals surface area contributed by atoms with Crippen LogP contribution in [0.25, 0.3) is 10.9 Å². The lowest BCUT2D eigenvalue weighted by Crippen LogP contribution is -2.19. The first kappa shape index (κ1) is 9.97. The number of hydrogen-bond donors (Lipinski definition) is 0. The summed E-state index contributed by atoms with van der Waals surface area (Å²) in [6, 6.07) is 11.6. The van der Waals surface area contributed by atoms with Gasteiger partial charge in [0.05, 0.1) is 5.52 Å². The summed E-state index contributed by atoms with van der Waals surface area (Å²) in [7, 11) is 0. The van der Waals surface area contributed by atoms with Crippen molar-refractivity contribution in [1.29, 1.82) is 0 Å². The van der Waals surface area contributed by atoms with E-state index in [0.29, 0.717) is 0 Å². The molecule has 1 aromatic carbocycles. The van der Waals surface area contributed by atoms with Crippen LogP contribution in [0, 0.1) is 0 Å². The highest BCUT2D eigenvalue weighted by molar-refractivity contribution is 5.78. The number of nitrogens with zero attached hydrogens (tertiary/aromatic N) is 1. The highest BCUT2D eigenvalue weighted by Crippen LogP contribution is 2.11. The predicted molar refractivity (Wildman–Crippen MR) is 63.1 cm³/mol. The molecular formula is C13H15NO. The zero-order chi connectivity index (χ0) is 10.7. The third-order valence-corrected chi connectivity index (χ3v) is 2.63. The number of pyridine rings is 1. The second-order valence-corrected chi connectivity index (χ2v) is 3.74. The Morgan fingerprint density at radius 2 is 1.93 bits per heavy atom. The number of aromatic nitrogens is 1. The molecule has 0 spiro atoms. The van der Waals surface area contributed by atoms with Gasteiger partial charge in [-0.3, -0.25) is 4.79 Å². The van der Waals surface area contributed by atoms with E-state index in [9.17, 15) is 4.79 Å². The molecule has 0 radical (unpaired) electrons. The van der Waals surface area contributed by atoms with Crippen LogP contribution in [0.3, 0.4) is 0 Å². The maximum absolute atomic E-state index is 11.7. The number of hydrogen-bond acceptors (Lipinski definition) is 1. The summed E-state index contributed by atoms with van der Waals surface area (Å²) in [4.78, 5) is 11.7. The summed E-state index contributed by atoms with van der Waals surface area (Å²) in [6.45, 7) is 2.95. The lowest BCUT2D eigenvalue weighted by atomic mass is 10.2. The highest BCUT2D eigenvalue weighted by Gasteiger charge is 2.00. The monoisotopic (exact) mass is 201 g/mol. The lowest BCUT2D eigenvalue weighted by molar-refractivity contribution is 0.632. The smallest absolute Gasteiger partial charge is 0.251 e. The van der Waals surface area contributed by atoms with Gasteiger partial charge in [0.2, 0.25) is 0 Å². The van der Waals surface area contributed by atoms with E-state index in [0.717, 1.165) is 30.3 Å². The fourth-order valence-electron chi connectivity index (χ4n) is 1.79.